The van der Waals surface area contributed by atoms with Crippen LogP contribution in [0.4, 0.5) is 0 Å². The highest BCUT2D eigenvalue weighted by Gasteiger charge is 2.07. The molecule has 0 aliphatic rings. The van der Waals surface area contributed by atoms with Gasteiger partial charge in [-0.05, 0) is 29.5 Å². The van der Waals surface area contributed by atoms with Gasteiger partial charge in [-0.15, -0.1) is 11.3 Å². The van der Waals surface area contributed by atoms with Gasteiger partial charge in [0, 0.05) is 11.1 Å². The Kier molecular flexibility index (Phi) is 2.88. The van der Waals surface area contributed by atoms with E-state index in [-0.39, 0.29) is 6.42 Å². The number of hydrogen-bond donors (Lipinski definition) is 1. The van der Waals surface area contributed by atoms with Crippen LogP contribution in [0.3, 0.4) is 0 Å². The number of hydrogen-bond acceptors (Lipinski definition) is 3. The number of rotatable bonds is 3. The maximum atomic E-state index is 10.5. The molecular weight excluding hydrogens is 222 g/mol. The van der Waals surface area contributed by atoms with E-state index in [1.807, 2.05) is 24.3 Å². The number of nitrogens with zero attached hydrogens (tertiary/aromatic N) is 1. The van der Waals surface area contributed by atoms with Crippen LogP contribution in [-0.4, -0.2) is 11.1 Å². The summed E-state index contributed by atoms with van der Waals surface area (Å²) in [7, 11) is 0. The Bertz CT molecular complexity index is 580. The Balaban J connectivity index is 2.41. The van der Waals surface area contributed by atoms with Crippen LogP contribution in [0.2, 0.25) is 0 Å². The largest absolute Gasteiger partial charge is 0.481 e. The quantitative estimate of drug-likeness (QED) is 0.883. The number of aliphatic carboxylic acids is 1. The van der Waals surface area contributed by atoms with Crippen LogP contribution in [0.1, 0.15) is 16.9 Å². The van der Waals surface area contributed by atoms with Crippen molar-refractivity contribution in [3.63, 3.8) is 0 Å². The van der Waals surface area contributed by atoms with Crippen LogP contribution in [0.15, 0.2) is 24.3 Å². The van der Waals surface area contributed by atoms with Gasteiger partial charge < -0.3 is 5.11 Å². The molecule has 0 aliphatic heterocycles. The molecule has 1 aromatic carbocycles. The number of nitriles is 1. The molecule has 0 bridgehead atoms. The van der Waals surface area contributed by atoms with E-state index in [1.54, 1.807) is 0 Å². The molecule has 0 amide bonds. The van der Waals surface area contributed by atoms with Crippen LogP contribution in [0, 0.1) is 11.3 Å². The summed E-state index contributed by atoms with van der Waals surface area (Å²) in [5.74, 6) is -0.798. The molecule has 2 aromatic rings. The van der Waals surface area contributed by atoms with Crippen molar-refractivity contribution in [2.24, 2.45) is 0 Å². The molecule has 1 heterocycles. The summed E-state index contributed by atoms with van der Waals surface area (Å²) in [5.41, 5.74) is 0.998. The Hall–Kier alpha value is -1.86. The molecule has 0 unspecified atom stereocenters. The lowest BCUT2D eigenvalue weighted by molar-refractivity contribution is -0.136. The molecule has 0 saturated carbocycles. The van der Waals surface area contributed by atoms with E-state index in [9.17, 15) is 4.79 Å². The van der Waals surface area contributed by atoms with Crippen LogP contribution in [-0.2, 0) is 11.2 Å². The van der Waals surface area contributed by atoms with Gasteiger partial charge in [0.05, 0.1) is 0 Å². The first kappa shape index (κ1) is 10.7. The highest BCUT2D eigenvalue weighted by molar-refractivity contribution is 7.19. The van der Waals surface area contributed by atoms with Crippen LogP contribution in [0.5, 0.6) is 0 Å². The standard InChI is InChI=1S/C12H9NO2S/c13-7-9-6-10-8(4-5-12(14)15)2-1-3-11(10)16-9/h1-3,6H,4-5H2,(H,14,15). The van der Waals surface area contributed by atoms with Crippen molar-refractivity contribution in [2.45, 2.75) is 12.8 Å². The number of fused-ring (bicyclic) bond motifs is 1. The third kappa shape index (κ3) is 2.05. The molecule has 1 aromatic heterocycles. The van der Waals surface area contributed by atoms with Crippen molar-refractivity contribution in [2.75, 3.05) is 0 Å². The number of benzene rings is 1. The fourth-order valence-corrected chi connectivity index (χ4v) is 2.54. The predicted molar refractivity (Wildman–Crippen MR) is 62.5 cm³/mol. The fraction of sp³-hybridized carbons (Fsp3) is 0.167. The van der Waals surface area contributed by atoms with Gasteiger partial charge in [0.15, 0.2) is 0 Å². The molecule has 0 radical (unpaired) electrons. The minimum atomic E-state index is -0.798. The lowest BCUT2D eigenvalue weighted by Gasteiger charge is -2.00. The molecule has 80 valence electrons. The summed E-state index contributed by atoms with van der Waals surface area (Å²) in [4.78, 5) is 11.2. The summed E-state index contributed by atoms with van der Waals surface area (Å²) >= 11 is 1.44. The number of aryl methyl sites for hydroxylation is 1. The second kappa shape index (κ2) is 4.33. The summed E-state index contributed by atoms with van der Waals surface area (Å²) in [6.45, 7) is 0. The lowest BCUT2D eigenvalue weighted by atomic mass is 10.1. The average molecular weight is 231 g/mol. The first-order valence-electron chi connectivity index (χ1n) is 4.84. The molecule has 2 rings (SSSR count). The smallest absolute Gasteiger partial charge is 0.303 e. The minimum Gasteiger partial charge on any atom is -0.481 e. The van der Waals surface area contributed by atoms with E-state index < -0.39 is 5.97 Å². The van der Waals surface area contributed by atoms with Crippen molar-refractivity contribution in [3.8, 4) is 6.07 Å². The molecule has 4 heteroatoms. The Labute approximate surface area is 96.6 Å². The van der Waals surface area contributed by atoms with Crippen molar-refractivity contribution in [1.29, 1.82) is 5.26 Å². The van der Waals surface area contributed by atoms with Gasteiger partial charge in [-0.3, -0.25) is 4.79 Å². The van der Waals surface area contributed by atoms with Gasteiger partial charge in [0.1, 0.15) is 10.9 Å². The van der Waals surface area contributed by atoms with Crippen molar-refractivity contribution < 1.29 is 9.90 Å². The van der Waals surface area contributed by atoms with Gasteiger partial charge in [-0.2, -0.15) is 5.26 Å². The Morgan fingerprint density at radius 2 is 2.31 bits per heavy atom. The van der Waals surface area contributed by atoms with Crippen molar-refractivity contribution in [3.05, 3.63) is 34.7 Å². The van der Waals surface area contributed by atoms with Crippen molar-refractivity contribution >= 4 is 27.4 Å². The molecule has 0 fully saturated rings. The minimum absolute atomic E-state index is 0.122. The highest BCUT2D eigenvalue weighted by Crippen LogP contribution is 2.28. The number of thiophene rings is 1. The number of carbonyl (C=O) groups is 1. The van der Waals surface area contributed by atoms with Crippen LogP contribution < -0.4 is 0 Å². The molecule has 0 saturated heterocycles. The van der Waals surface area contributed by atoms with Crippen LogP contribution >= 0.6 is 11.3 Å². The van der Waals surface area contributed by atoms with Gasteiger partial charge in [-0.1, -0.05) is 12.1 Å². The maximum absolute atomic E-state index is 10.5. The van der Waals surface area contributed by atoms with E-state index >= 15 is 0 Å². The van der Waals surface area contributed by atoms with E-state index in [0.29, 0.717) is 11.3 Å². The molecule has 0 atom stereocenters. The fourth-order valence-electron chi connectivity index (χ4n) is 1.64. The summed E-state index contributed by atoms with van der Waals surface area (Å²) in [6.07, 6.45) is 0.630. The molecule has 1 N–H and O–H groups in total. The van der Waals surface area contributed by atoms with Gasteiger partial charge in [0.25, 0.3) is 0 Å². The first-order chi connectivity index (χ1) is 7.70. The zero-order valence-corrected chi connectivity index (χ0v) is 9.25. The zero-order chi connectivity index (χ0) is 11.5. The van der Waals surface area contributed by atoms with Crippen LogP contribution in [0.25, 0.3) is 10.1 Å². The molecule has 3 nitrogen and oxygen atoms in total. The van der Waals surface area contributed by atoms with Gasteiger partial charge >= 0.3 is 5.97 Å². The lowest BCUT2D eigenvalue weighted by Crippen LogP contribution is -1.97. The Morgan fingerprint density at radius 1 is 1.50 bits per heavy atom. The van der Waals surface area contributed by atoms with E-state index in [1.165, 1.54) is 11.3 Å². The number of carboxylic acid groups (broad SMARTS) is 1. The van der Waals surface area contributed by atoms with Gasteiger partial charge in [-0.25, -0.2) is 0 Å². The Morgan fingerprint density at radius 3 is 3.00 bits per heavy atom. The third-order valence-corrected chi connectivity index (χ3v) is 3.38. The molecule has 16 heavy (non-hydrogen) atoms. The summed E-state index contributed by atoms with van der Waals surface area (Å²) in [5, 5.41) is 18.5. The van der Waals surface area contributed by atoms with E-state index in [2.05, 4.69) is 6.07 Å². The highest BCUT2D eigenvalue weighted by atomic mass is 32.1. The average Bonchev–Trinajstić information content (AvgIpc) is 2.69. The SMILES string of the molecule is N#Cc1cc2c(CCC(=O)O)cccc2s1. The maximum Gasteiger partial charge on any atom is 0.303 e. The van der Waals surface area contributed by atoms with Gasteiger partial charge in [0.2, 0.25) is 0 Å². The molecule has 0 spiro atoms. The monoisotopic (exact) mass is 231 g/mol. The summed E-state index contributed by atoms with van der Waals surface area (Å²) in [6, 6.07) is 9.71. The third-order valence-electron chi connectivity index (χ3n) is 2.37. The normalized spacial score (nSPS) is 10.2. The summed E-state index contributed by atoms with van der Waals surface area (Å²) < 4.78 is 1.04. The van der Waals surface area contributed by atoms with E-state index in [0.717, 1.165) is 15.6 Å². The van der Waals surface area contributed by atoms with Crippen molar-refractivity contribution in [1.82, 2.24) is 0 Å². The second-order valence-corrected chi connectivity index (χ2v) is 4.53. The van der Waals surface area contributed by atoms with E-state index in [4.69, 9.17) is 10.4 Å². The first-order valence-corrected chi connectivity index (χ1v) is 5.65. The molecular formula is C12H9NO2S. The predicted octanol–water partition coefficient (Wildman–Crippen LogP) is 2.79. The topological polar surface area (TPSA) is 61.1 Å². The molecule has 0 aliphatic carbocycles. The zero-order valence-electron chi connectivity index (χ0n) is 8.43. The second-order valence-electron chi connectivity index (χ2n) is 3.45. The number of carboxylic acids is 1.